The Morgan fingerprint density at radius 1 is 1.32 bits per heavy atom. The fourth-order valence-electron chi connectivity index (χ4n) is 2.00. The summed E-state index contributed by atoms with van der Waals surface area (Å²) in [5.41, 5.74) is 1.96. The summed E-state index contributed by atoms with van der Waals surface area (Å²) in [6, 6.07) is 8.09. The van der Waals surface area contributed by atoms with Crippen molar-refractivity contribution in [1.29, 1.82) is 0 Å². The highest BCUT2D eigenvalue weighted by molar-refractivity contribution is 7.09. The molecule has 0 N–H and O–H groups in total. The molecule has 2 aromatic rings. The molecule has 0 aliphatic carbocycles. The summed E-state index contributed by atoms with van der Waals surface area (Å²) in [5, 5.41) is 13.0. The van der Waals surface area contributed by atoms with Gasteiger partial charge in [-0.2, -0.15) is 0 Å². The summed E-state index contributed by atoms with van der Waals surface area (Å²) in [6.07, 6.45) is 0.921. The van der Waals surface area contributed by atoms with Gasteiger partial charge in [0.05, 0.1) is 5.69 Å². The van der Waals surface area contributed by atoms with Crippen LogP contribution in [0.25, 0.3) is 0 Å². The molecule has 2 rings (SSSR count). The Kier molecular flexibility index (Phi) is 5.19. The SMILES string of the molecule is CCC(C)(C)c1ccc(OCc2nc(CC(=O)[O-])cs2)cc1. The molecule has 0 fully saturated rings. The molecule has 0 atom stereocenters. The minimum absolute atomic E-state index is 0.155. The zero-order valence-electron chi connectivity index (χ0n) is 13.1. The molecule has 0 unspecified atom stereocenters. The first-order valence-electron chi connectivity index (χ1n) is 7.27. The van der Waals surface area contributed by atoms with E-state index in [1.54, 1.807) is 5.38 Å². The molecule has 0 aliphatic heterocycles. The number of rotatable bonds is 7. The molecule has 0 bridgehead atoms. The van der Waals surface area contributed by atoms with Crippen LogP contribution in [0.5, 0.6) is 5.75 Å². The molecule has 0 saturated heterocycles. The predicted molar refractivity (Wildman–Crippen MR) is 84.9 cm³/mol. The first-order chi connectivity index (χ1) is 10.4. The third kappa shape index (κ3) is 4.31. The second-order valence-corrected chi connectivity index (χ2v) is 6.77. The summed E-state index contributed by atoms with van der Waals surface area (Å²) in [6.45, 7) is 6.96. The molecule has 118 valence electrons. The second kappa shape index (κ2) is 6.92. The van der Waals surface area contributed by atoms with Crippen LogP contribution in [0.3, 0.4) is 0 Å². The number of carboxylic acid groups (broad SMARTS) is 1. The molecule has 0 amide bonds. The van der Waals surface area contributed by atoms with Crippen molar-refractivity contribution < 1.29 is 14.6 Å². The van der Waals surface area contributed by atoms with Gasteiger partial charge in [-0.05, 0) is 29.5 Å². The van der Waals surface area contributed by atoms with E-state index in [4.69, 9.17) is 4.74 Å². The van der Waals surface area contributed by atoms with Gasteiger partial charge in [-0.3, -0.25) is 0 Å². The Hall–Kier alpha value is -1.88. The quantitative estimate of drug-likeness (QED) is 0.787. The van der Waals surface area contributed by atoms with Gasteiger partial charge >= 0.3 is 0 Å². The molecule has 0 spiro atoms. The maximum Gasteiger partial charge on any atom is 0.140 e. The lowest BCUT2D eigenvalue weighted by Gasteiger charge is -2.23. The van der Waals surface area contributed by atoms with Crippen molar-refractivity contribution in [2.24, 2.45) is 0 Å². The largest absolute Gasteiger partial charge is 0.550 e. The molecule has 4 nitrogen and oxygen atoms in total. The highest BCUT2D eigenvalue weighted by Crippen LogP contribution is 2.28. The van der Waals surface area contributed by atoms with Crippen LogP contribution >= 0.6 is 11.3 Å². The smallest absolute Gasteiger partial charge is 0.140 e. The Morgan fingerprint density at radius 3 is 2.59 bits per heavy atom. The van der Waals surface area contributed by atoms with Crippen LogP contribution in [0.2, 0.25) is 0 Å². The summed E-state index contributed by atoms with van der Waals surface area (Å²) in [5.74, 6) is -0.334. The van der Waals surface area contributed by atoms with Gasteiger partial charge in [-0.25, -0.2) is 4.98 Å². The van der Waals surface area contributed by atoms with Crippen LogP contribution < -0.4 is 9.84 Å². The molecular formula is C17H20NO3S-. The molecular weight excluding hydrogens is 298 g/mol. The van der Waals surface area contributed by atoms with E-state index in [1.165, 1.54) is 16.9 Å². The second-order valence-electron chi connectivity index (χ2n) is 5.83. The molecule has 0 aliphatic rings. The van der Waals surface area contributed by atoms with Crippen LogP contribution in [0.15, 0.2) is 29.6 Å². The molecule has 1 aromatic carbocycles. The summed E-state index contributed by atoms with van der Waals surface area (Å²) in [4.78, 5) is 14.7. The zero-order chi connectivity index (χ0) is 16.2. The van der Waals surface area contributed by atoms with Gasteiger partial charge in [0.1, 0.15) is 17.4 Å². The fraction of sp³-hybridized carbons (Fsp3) is 0.412. The van der Waals surface area contributed by atoms with Crippen molar-refractivity contribution >= 4 is 17.3 Å². The van der Waals surface area contributed by atoms with E-state index in [1.807, 2.05) is 12.1 Å². The fourth-order valence-corrected chi connectivity index (χ4v) is 2.70. The summed E-state index contributed by atoms with van der Waals surface area (Å²) in [7, 11) is 0. The molecule has 0 saturated carbocycles. The zero-order valence-corrected chi connectivity index (χ0v) is 13.9. The number of aromatic nitrogens is 1. The maximum atomic E-state index is 10.5. The van der Waals surface area contributed by atoms with Gasteiger partial charge < -0.3 is 14.6 Å². The molecule has 1 aromatic heterocycles. The van der Waals surface area contributed by atoms with Crippen LogP contribution in [-0.4, -0.2) is 11.0 Å². The van der Waals surface area contributed by atoms with E-state index < -0.39 is 5.97 Å². The van der Waals surface area contributed by atoms with Crippen molar-refractivity contribution in [2.75, 3.05) is 0 Å². The van der Waals surface area contributed by atoms with Crippen molar-refractivity contribution in [3.8, 4) is 5.75 Å². The lowest BCUT2D eigenvalue weighted by atomic mass is 9.82. The van der Waals surface area contributed by atoms with Gasteiger partial charge in [0.2, 0.25) is 0 Å². The average molecular weight is 318 g/mol. The highest BCUT2D eigenvalue weighted by Gasteiger charge is 2.17. The van der Waals surface area contributed by atoms with Crippen LogP contribution in [0, 0.1) is 0 Å². The van der Waals surface area contributed by atoms with Crippen molar-refractivity contribution in [2.45, 2.75) is 45.6 Å². The maximum absolute atomic E-state index is 10.5. The van der Waals surface area contributed by atoms with Crippen molar-refractivity contribution in [3.63, 3.8) is 0 Å². The number of carbonyl (C=O) groups is 1. The normalized spacial score (nSPS) is 11.4. The van der Waals surface area contributed by atoms with E-state index in [0.29, 0.717) is 12.3 Å². The Morgan fingerprint density at radius 2 is 2.00 bits per heavy atom. The Bertz CT molecular complexity index is 632. The summed E-state index contributed by atoms with van der Waals surface area (Å²) < 4.78 is 5.70. The van der Waals surface area contributed by atoms with Crippen LogP contribution in [0.1, 0.15) is 43.5 Å². The Balaban J connectivity index is 1.94. The van der Waals surface area contributed by atoms with Gasteiger partial charge in [-0.15, -0.1) is 11.3 Å². The number of hydrogen-bond donors (Lipinski definition) is 0. The van der Waals surface area contributed by atoms with Crippen molar-refractivity contribution in [3.05, 3.63) is 45.9 Å². The van der Waals surface area contributed by atoms with E-state index >= 15 is 0 Å². The minimum Gasteiger partial charge on any atom is -0.550 e. The first-order valence-corrected chi connectivity index (χ1v) is 8.15. The number of carboxylic acids is 1. The number of ether oxygens (including phenoxy) is 1. The van der Waals surface area contributed by atoms with Gasteiger partial charge in [-0.1, -0.05) is 32.9 Å². The van der Waals surface area contributed by atoms with E-state index in [2.05, 4.69) is 37.9 Å². The number of benzene rings is 1. The van der Waals surface area contributed by atoms with E-state index in [-0.39, 0.29) is 11.8 Å². The topological polar surface area (TPSA) is 62.2 Å². The molecule has 1 heterocycles. The monoisotopic (exact) mass is 318 g/mol. The standard InChI is InChI=1S/C17H21NO3S/c1-4-17(2,3)12-5-7-14(8-6-12)21-10-15-18-13(11-22-15)9-16(19)20/h5-8,11H,4,9-10H2,1-3H3,(H,19,20)/p-1. The number of nitrogens with zero attached hydrogens (tertiary/aromatic N) is 1. The van der Waals surface area contributed by atoms with E-state index in [9.17, 15) is 9.90 Å². The highest BCUT2D eigenvalue weighted by atomic mass is 32.1. The number of hydrogen-bond acceptors (Lipinski definition) is 5. The average Bonchev–Trinajstić information content (AvgIpc) is 2.92. The first kappa shape index (κ1) is 16.5. The van der Waals surface area contributed by atoms with Crippen LogP contribution in [0.4, 0.5) is 0 Å². The van der Waals surface area contributed by atoms with Gasteiger partial charge in [0, 0.05) is 17.8 Å². The minimum atomic E-state index is -1.12. The molecule has 5 heteroatoms. The number of thiazole rings is 1. The third-order valence-electron chi connectivity index (χ3n) is 3.81. The number of aliphatic carboxylic acids is 1. The van der Waals surface area contributed by atoms with Crippen LogP contribution in [-0.2, 0) is 23.2 Å². The van der Waals surface area contributed by atoms with Gasteiger partial charge in [0.25, 0.3) is 0 Å². The Labute approximate surface area is 134 Å². The lowest BCUT2D eigenvalue weighted by Crippen LogP contribution is -2.24. The third-order valence-corrected chi connectivity index (χ3v) is 4.68. The predicted octanol–water partition coefficient (Wildman–Crippen LogP) is 2.70. The molecule has 0 radical (unpaired) electrons. The summed E-state index contributed by atoms with van der Waals surface area (Å²) >= 11 is 1.39. The van der Waals surface area contributed by atoms with Gasteiger partial charge in [0.15, 0.2) is 0 Å². The lowest BCUT2D eigenvalue weighted by molar-refractivity contribution is -0.304. The van der Waals surface area contributed by atoms with E-state index in [0.717, 1.165) is 17.2 Å². The number of carbonyl (C=O) groups excluding carboxylic acids is 1. The van der Waals surface area contributed by atoms with Crippen molar-refractivity contribution in [1.82, 2.24) is 4.98 Å². The molecule has 22 heavy (non-hydrogen) atoms.